The lowest BCUT2D eigenvalue weighted by Gasteiger charge is -2.53. The highest BCUT2D eigenvalue weighted by molar-refractivity contribution is 6.02. The number of carbonyl (C=O) groups excluding carboxylic acids is 1. The van der Waals surface area contributed by atoms with Crippen molar-refractivity contribution in [1.82, 2.24) is 24.5 Å². The van der Waals surface area contributed by atoms with Gasteiger partial charge in [0, 0.05) is 36.3 Å². The molecule has 0 saturated heterocycles. The third-order valence-electron chi connectivity index (χ3n) is 15.2. The van der Waals surface area contributed by atoms with Crippen LogP contribution in [0.1, 0.15) is 151 Å². The van der Waals surface area contributed by atoms with Crippen molar-refractivity contribution in [3.63, 3.8) is 0 Å². The standard InChI is InChI=1S/C26H25F3N4O.C16H11F3N2O2.C10H16N2.CH4/c27-26(28,29)20-5-3-18(4-6-20)16-19-2-1-15-33-22(19)21(17-31-33)23(34)32-25-10-7-24(8-11-25,9-12-25)13-14-30;17-16(18,19)12-5-3-10(4-6-12)8-11-2-1-7-21-14(11)13(9-20-21)15(22)23;11-8-7-9-1-4-10(12,5-2-9)6-3-9;/h1-6,15,17H,7-13,16H2,(H,32,34);1-7,9H,8H2,(H,22,23);1-7,12H2;1H4. The highest BCUT2D eigenvalue weighted by Crippen LogP contribution is 2.54. The van der Waals surface area contributed by atoms with Gasteiger partial charge in [0.25, 0.3) is 5.91 Å². The van der Waals surface area contributed by atoms with Gasteiger partial charge in [0.1, 0.15) is 5.56 Å². The Labute approximate surface area is 402 Å². The Hall–Kier alpha value is -6.72. The van der Waals surface area contributed by atoms with E-state index in [0.717, 1.165) is 99.6 Å². The summed E-state index contributed by atoms with van der Waals surface area (Å²) < 4.78 is 79.5. The second-order valence-electron chi connectivity index (χ2n) is 19.6. The molecule has 11 nitrogen and oxygen atoms in total. The molecule has 70 heavy (non-hydrogen) atoms. The second kappa shape index (κ2) is 19.9. The van der Waals surface area contributed by atoms with E-state index in [1.54, 1.807) is 35.2 Å². The van der Waals surface area contributed by atoms with E-state index >= 15 is 0 Å². The summed E-state index contributed by atoms with van der Waals surface area (Å²) >= 11 is 0. The number of fused-ring (bicyclic) bond motifs is 8. The zero-order chi connectivity index (χ0) is 49.2. The number of hydrogen-bond acceptors (Lipinski definition) is 7. The summed E-state index contributed by atoms with van der Waals surface area (Å²) in [7, 11) is 0. The number of alkyl halides is 6. The number of carboxylic acids is 1. The number of nitrogens with zero attached hydrogens (tertiary/aromatic N) is 6. The molecule has 0 aliphatic heterocycles. The van der Waals surface area contributed by atoms with Gasteiger partial charge in [-0.2, -0.15) is 47.1 Å². The van der Waals surface area contributed by atoms with E-state index in [1.807, 2.05) is 12.1 Å². The van der Waals surface area contributed by atoms with Crippen molar-refractivity contribution in [2.45, 2.75) is 134 Å². The van der Waals surface area contributed by atoms with Crippen molar-refractivity contribution in [3.05, 3.63) is 142 Å². The number of halogens is 6. The summed E-state index contributed by atoms with van der Waals surface area (Å²) in [5.41, 5.74) is 9.69. The number of amides is 1. The molecule has 6 aliphatic rings. The maximum atomic E-state index is 13.4. The molecule has 0 unspecified atom stereocenters. The molecule has 12 rings (SSSR count). The predicted molar refractivity (Wildman–Crippen MR) is 250 cm³/mol. The monoisotopic (exact) mass is 966 g/mol. The molecule has 4 heterocycles. The maximum absolute atomic E-state index is 13.4. The number of pyridine rings is 2. The second-order valence-corrected chi connectivity index (χ2v) is 19.6. The number of nitrogens with two attached hydrogens (primary N) is 1. The number of nitrogens with one attached hydrogen (secondary N) is 1. The van der Waals surface area contributed by atoms with E-state index in [4.69, 9.17) is 16.3 Å². The fourth-order valence-corrected chi connectivity index (χ4v) is 10.8. The molecule has 4 aromatic heterocycles. The minimum Gasteiger partial charge on any atom is -0.478 e. The minimum atomic E-state index is -4.37. The van der Waals surface area contributed by atoms with E-state index in [-0.39, 0.29) is 35.4 Å². The Morgan fingerprint density at radius 1 is 0.629 bits per heavy atom. The van der Waals surface area contributed by atoms with E-state index in [1.165, 1.54) is 54.2 Å². The number of carbonyl (C=O) groups is 2. The van der Waals surface area contributed by atoms with Gasteiger partial charge in [-0.05, 0) is 159 Å². The van der Waals surface area contributed by atoms with Gasteiger partial charge in [-0.3, -0.25) is 4.79 Å². The summed E-state index contributed by atoms with van der Waals surface area (Å²) in [6, 6.07) is 21.7. The van der Waals surface area contributed by atoms with E-state index in [2.05, 4.69) is 27.7 Å². The first kappa shape index (κ1) is 51.1. The number of benzene rings is 2. The summed E-state index contributed by atoms with van der Waals surface area (Å²) in [4.78, 5) is 24.7. The largest absolute Gasteiger partial charge is 0.478 e. The van der Waals surface area contributed by atoms with Crippen LogP contribution in [0, 0.1) is 33.5 Å². The number of rotatable bonds is 9. The van der Waals surface area contributed by atoms with Gasteiger partial charge < -0.3 is 16.2 Å². The lowest BCUT2D eigenvalue weighted by atomic mass is 9.56. The molecule has 6 fully saturated rings. The number of aromatic carboxylic acids is 1. The molecule has 2 aromatic carbocycles. The Kier molecular flexibility index (Phi) is 14.6. The van der Waals surface area contributed by atoms with Crippen LogP contribution < -0.4 is 11.1 Å². The average Bonchev–Trinajstić information content (AvgIpc) is 3.98. The van der Waals surface area contributed by atoms with Crippen LogP contribution >= 0.6 is 0 Å². The van der Waals surface area contributed by atoms with Gasteiger partial charge in [-0.1, -0.05) is 43.8 Å². The molecular weight excluding hydrogens is 911 g/mol. The zero-order valence-corrected chi connectivity index (χ0v) is 37.8. The summed E-state index contributed by atoms with van der Waals surface area (Å²) in [5, 5.41) is 38.7. The Balaban J connectivity index is 0.000000172. The zero-order valence-electron chi connectivity index (χ0n) is 37.8. The predicted octanol–water partition coefficient (Wildman–Crippen LogP) is 11.9. The van der Waals surface area contributed by atoms with Crippen molar-refractivity contribution in [2.24, 2.45) is 16.6 Å². The Morgan fingerprint density at radius 3 is 1.40 bits per heavy atom. The van der Waals surface area contributed by atoms with E-state index in [9.17, 15) is 41.0 Å². The molecule has 368 valence electrons. The van der Waals surface area contributed by atoms with Gasteiger partial charge in [0.05, 0.1) is 52.3 Å². The third kappa shape index (κ3) is 11.0. The molecule has 0 atom stereocenters. The first-order valence-corrected chi connectivity index (χ1v) is 23.1. The van der Waals surface area contributed by atoms with Gasteiger partial charge in [-0.15, -0.1) is 0 Å². The van der Waals surface area contributed by atoms with Crippen LogP contribution in [-0.2, 0) is 25.2 Å². The molecule has 4 bridgehead atoms. The summed E-state index contributed by atoms with van der Waals surface area (Å²) in [5.74, 6) is -1.27. The summed E-state index contributed by atoms with van der Waals surface area (Å²) in [6.45, 7) is 0. The quantitative estimate of drug-likeness (QED) is 0.120. The number of carboxylic acid groups (broad SMARTS) is 1. The molecule has 6 saturated carbocycles. The Morgan fingerprint density at radius 2 is 1.01 bits per heavy atom. The summed E-state index contributed by atoms with van der Waals surface area (Å²) in [6.07, 6.45) is 12.0. The molecule has 17 heteroatoms. The van der Waals surface area contributed by atoms with Crippen molar-refractivity contribution in [2.75, 3.05) is 0 Å². The van der Waals surface area contributed by atoms with Crippen LogP contribution in [0.5, 0.6) is 0 Å². The normalized spacial score (nSPS) is 23.4. The van der Waals surface area contributed by atoms with Crippen molar-refractivity contribution in [1.29, 1.82) is 10.5 Å². The number of nitriles is 2. The Bertz CT molecular complexity index is 2880. The molecule has 4 N–H and O–H groups in total. The average molecular weight is 967 g/mol. The number of aromatic nitrogens is 4. The molecular formula is C53H56F6N8O3. The van der Waals surface area contributed by atoms with Gasteiger partial charge in [-0.25, -0.2) is 13.8 Å². The van der Waals surface area contributed by atoms with Crippen LogP contribution in [0.15, 0.2) is 97.6 Å². The lowest BCUT2D eigenvalue weighted by molar-refractivity contribution is -0.138. The van der Waals surface area contributed by atoms with Crippen molar-refractivity contribution in [3.8, 4) is 12.1 Å². The molecule has 1 amide bonds. The molecule has 6 aliphatic carbocycles. The van der Waals surface area contributed by atoms with Crippen LogP contribution in [0.2, 0.25) is 0 Å². The first-order valence-electron chi connectivity index (χ1n) is 23.1. The smallest absolute Gasteiger partial charge is 0.416 e. The lowest BCUT2D eigenvalue weighted by Crippen LogP contribution is -2.56. The third-order valence-corrected chi connectivity index (χ3v) is 15.2. The van der Waals surface area contributed by atoms with E-state index < -0.39 is 29.4 Å². The van der Waals surface area contributed by atoms with Crippen LogP contribution in [-0.4, -0.2) is 47.3 Å². The highest BCUT2D eigenvalue weighted by Gasteiger charge is 2.49. The SMILES string of the molecule is C.N#CCC12CCC(N)(CC1)CC2.N#CCC12CCC(NC(=O)c3cnn4cccc(Cc5ccc(C(F)(F)F)cc5)c34)(CC1)CC2.O=C(O)c1cnn2cccc(Cc3ccc(C(F)(F)F)cc3)c12. The molecule has 0 spiro atoms. The fourth-order valence-electron chi connectivity index (χ4n) is 10.8. The minimum absolute atomic E-state index is 0. The maximum Gasteiger partial charge on any atom is 0.416 e. The van der Waals surface area contributed by atoms with Crippen molar-refractivity contribution < 1.29 is 41.0 Å². The van der Waals surface area contributed by atoms with E-state index in [0.29, 0.717) is 52.4 Å². The topological polar surface area (TPSA) is 175 Å². The van der Waals surface area contributed by atoms with Gasteiger partial charge in [0.2, 0.25) is 0 Å². The molecule has 0 radical (unpaired) electrons. The fraction of sp³-hybridized carbons (Fsp3) is 0.434. The van der Waals surface area contributed by atoms with Gasteiger partial charge >= 0.3 is 18.3 Å². The first-order chi connectivity index (χ1) is 32.8. The molecule has 6 aromatic rings. The van der Waals surface area contributed by atoms with Crippen LogP contribution in [0.3, 0.4) is 0 Å². The van der Waals surface area contributed by atoms with Crippen LogP contribution in [0.25, 0.3) is 11.0 Å². The van der Waals surface area contributed by atoms with Crippen molar-refractivity contribution >= 4 is 22.9 Å². The highest BCUT2D eigenvalue weighted by atomic mass is 19.4. The van der Waals surface area contributed by atoms with Crippen LogP contribution in [0.4, 0.5) is 26.3 Å². The van der Waals surface area contributed by atoms with Gasteiger partial charge in [0.15, 0.2) is 0 Å². The number of hydrogen-bond donors (Lipinski definition) is 3.